The molecular formula is C17H15IN4O2. The van der Waals surface area contributed by atoms with E-state index in [-0.39, 0.29) is 11.8 Å². The van der Waals surface area contributed by atoms with E-state index in [4.69, 9.17) is 4.74 Å². The lowest BCUT2D eigenvalue weighted by Gasteiger charge is -2.05. The Labute approximate surface area is 153 Å². The van der Waals surface area contributed by atoms with Gasteiger partial charge in [0.2, 0.25) is 0 Å². The first kappa shape index (κ1) is 16.6. The molecule has 7 heteroatoms. The molecule has 1 aliphatic rings. The maximum absolute atomic E-state index is 9.83. The van der Waals surface area contributed by atoms with Crippen molar-refractivity contribution in [2.45, 2.75) is 12.5 Å². The van der Waals surface area contributed by atoms with E-state index in [0.717, 1.165) is 11.1 Å². The van der Waals surface area contributed by atoms with Crippen molar-refractivity contribution < 1.29 is 9.84 Å². The number of phenols is 1. The minimum atomic E-state index is 0.00913. The van der Waals surface area contributed by atoms with Crippen LogP contribution >= 0.6 is 22.6 Å². The van der Waals surface area contributed by atoms with E-state index in [0.29, 0.717) is 21.6 Å². The molecule has 1 heterocycles. The molecule has 0 aliphatic carbocycles. The highest BCUT2D eigenvalue weighted by molar-refractivity contribution is 14.1. The number of ether oxygens (including phenoxy) is 1. The molecular weight excluding hydrogens is 419 g/mol. The number of halogens is 1. The third kappa shape index (κ3) is 3.78. The van der Waals surface area contributed by atoms with Crippen molar-refractivity contribution in [3.05, 3.63) is 57.2 Å². The number of rotatable bonds is 4. The summed E-state index contributed by atoms with van der Waals surface area (Å²) in [5.74, 6) is 1.12. The van der Waals surface area contributed by atoms with Gasteiger partial charge in [-0.25, -0.2) is 0 Å². The summed E-state index contributed by atoms with van der Waals surface area (Å²) in [6, 6.07) is 13.5. The third-order valence-corrected chi connectivity index (χ3v) is 4.35. The van der Waals surface area contributed by atoms with Crippen LogP contribution in [0.15, 0.2) is 62.9 Å². The normalized spacial score (nSPS) is 18.6. The van der Waals surface area contributed by atoms with Gasteiger partial charge in [0.1, 0.15) is 6.04 Å². The van der Waals surface area contributed by atoms with E-state index in [2.05, 4.69) is 20.4 Å². The van der Waals surface area contributed by atoms with Gasteiger partial charge < -0.3 is 9.84 Å². The fourth-order valence-electron chi connectivity index (χ4n) is 2.30. The predicted molar refractivity (Wildman–Crippen MR) is 101 cm³/mol. The van der Waals surface area contributed by atoms with Gasteiger partial charge >= 0.3 is 0 Å². The third-order valence-electron chi connectivity index (χ3n) is 3.52. The number of hydrogen-bond acceptors (Lipinski definition) is 5. The molecule has 3 rings (SSSR count). The first-order valence-electron chi connectivity index (χ1n) is 7.29. The van der Waals surface area contributed by atoms with E-state index < -0.39 is 0 Å². The monoisotopic (exact) mass is 434 g/mol. The SMILES string of the molecule is COc1cc(/C=N/N=C2CC(c3ccccc3)N=N2)cc(I)c1O. The number of hydrogen-bond donors (Lipinski definition) is 1. The molecule has 0 saturated heterocycles. The van der Waals surface area contributed by atoms with E-state index in [1.54, 1.807) is 18.3 Å². The molecule has 0 bridgehead atoms. The van der Waals surface area contributed by atoms with Crippen LogP contribution in [0.25, 0.3) is 0 Å². The summed E-state index contributed by atoms with van der Waals surface area (Å²) in [6.45, 7) is 0. The van der Waals surface area contributed by atoms with Crippen molar-refractivity contribution in [1.82, 2.24) is 0 Å². The molecule has 1 atom stereocenters. The maximum atomic E-state index is 9.83. The van der Waals surface area contributed by atoms with Crippen LogP contribution < -0.4 is 4.74 Å². The minimum absolute atomic E-state index is 0.00913. The molecule has 24 heavy (non-hydrogen) atoms. The highest BCUT2D eigenvalue weighted by atomic mass is 127. The Kier molecular flexibility index (Phi) is 5.19. The van der Waals surface area contributed by atoms with Crippen molar-refractivity contribution in [3.8, 4) is 11.5 Å². The van der Waals surface area contributed by atoms with Gasteiger partial charge in [0.25, 0.3) is 0 Å². The van der Waals surface area contributed by atoms with Gasteiger partial charge in [-0.2, -0.15) is 10.2 Å². The zero-order valence-corrected chi connectivity index (χ0v) is 15.1. The fraction of sp³-hybridized carbons (Fsp3) is 0.176. The highest BCUT2D eigenvalue weighted by Crippen LogP contribution is 2.32. The Morgan fingerprint density at radius 3 is 2.83 bits per heavy atom. The zero-order chi connectivity index (χ0) is 16.9. The van der Waals surface area contributed by atoms with Crippen molar-refractivity contribution in [1.29, 1.82) is 0 Å². The predicted octanol–water partition coefficient (Wildman–Crippen LogP) is 4.34. The van der Waals surface area contributed by atoms with Crippen LogP contribution in [0, 0.1) is 3.57 Å². The summed E-state index contributed by atoms with van der Waals surface area (Å²) in [6.07, 6.45) is 2.24. The highest BCUT2D eigenvalue weighted by Gasteiger charge is 2.19. The van der Waals surface area contributed by atoms with Crippen LogP contribution in [-0.2, 0) is 0 Å². The molecule has 1 aliphatic heterocycles. The molecule has 2 aromatic carbocycles. The van der Waals surface area contributed by atoms with Gasteiger partial charge in [-0.15, -0.1) is 10.2 Å². The number of amidine groups is 1. The van der Waals surface area contributed by atoms with E-state index in [1.165, 1.54) is 7.11 Å². The molecule has 122 valence electrons. The molecule has 6 nitrogen and oxygen atoms in total. The standard InChI is InChI=1S/C17H15IN4O2/c1-24-15-8-11(7-13(18)17(15)23)10-19-21-16-9-14(20-22-16)12-5-3-2-4-6-12/h2-8,10,14,23H,9H2,1H3/b19-10+,21-16?. The van der Waals surface area contributed by atoms with Gasteiger partial charge in [0.05, 0.1) is 16.9 Å². The van der Waals surface area contributed by atoms with Crippen LogP contribution in [0.3, 0.4) is 0 Å². The fourth-order valence-corrected chi connectivity index (χ4v) is 2.92. The number of nitrogens with zero attached hydrogens (tertiary/aromatic N) is 4. The Morgan fingerprint density at radius 2 is 2.08 bits per heavy atom. The Bertz CT molecular complexity index is 819. The summed E-state index contributed by atoms with van der Waals surface area (Å²) in [5.41, 5.74) is 1.90. The topological polar surface area (TPSA) is 78.9 Å². The van der Waals surface area contributed by atoms with Crippen LogP contribution in [0.4, 0.5) is 0 Å². The summed E-state index contributed by atoms with van der Waals surface area (Å²) >= 11 is 2.04. The van der Waals surface area contributed by atoms with E-state index in [1.807, 2.05) is 52.9 Å². The Hall–Kier alpha value is -2.29. The Balaban J connectivity index is 1.70. The molecule has 1 N–H and O–H groups in total. The molecule has 0 spiro atoms. The second-order valence-electron chi connectivity index (χ2n) is 5.16. The van der Waals surface area contributed by atoms with Gasteiger partial charge in [-0.05, 0) is 45.9 Å². The first-order valence-corrected chi connectivity index (χ1v) is 8.37. The molecule has 0 aromatic heterocycles. The smallest absolute Gasteiger partial charge is 0.175 e. The molecule has 1 unspecified atom stereocenters. The quantitative estimate of drug-likeness (QED) is 0.442. The second kappa shape index (κ2) is 7.52. The van der Waals surface area contributed by atoms with Crippen molar-refractivity contribution in [2.75, 3.05) is 7.11 Å². The Morgan fingerprint density at radius 1 is 1.29 bits per heavy atom. The number of azo groups is 1. The number of aromatic hydroxyl groups is 1. The van der Waals surface area contributed by atoms with Crippen molar-refractivity contribution in [2.24, 2.45) is 20.4 Å². The van der Waals surface area contributed by atoms with Crippen molar-refractivity contribution >= 4 is 34.6 Å². The lowest BCUT2D eigenvalue weighted by atomic mass is 10.1. The molecule has 0 fully saturated rings. The maximum Gasteiger partial charge on any atom is 0.175 e. The summed E-state index contributed by atoms with van der Waals surface area (Å²) in [4.78, 5) is 0. The summed E-state index contributed by atoms with van der Waals surface area (Å²) in [7, 11) is 1.51. The molecule has 0 radical (unpaired) electrons. The molecule has 2 aromatic rings. The zero-order valence-electron chi connectivity index (χ0n) is 12.9. The average molecular weight is 434 g/mol. The largest absolute Gasteiger partial charge is 0.504 e. The lowest BCUT2D eigenvalue weighted by Crippen LogP contribution is -1.95. The lowest BCUT2D eigenvalue weighted by molar-refractivity contribution is 0.371. The van der Waals surface area contributed by atoms with E-state index >= 15 is 0 Å². The van der Waals surface area contributed by atoms with Gasteiger partial charge in [-0.3, -0.25) is 0 Å². The molecule has 0 saturated carbocycles. The number of benzene rings is 2. The molecule has 0 amide bonds. The van der Waals surface area contributed by atoms with Crippen LogP contribution in [0.2, 0.25) is 0 Å². The van der Waals surface area contributed by atoms with Crippen LogP contribution in [0.1, 0.15) is 23.6 Å². The summed E-state index contributed by atoms with van der Waals surface area (Å²) in [5, 5.41) is 26.3. The number of phenolic OH excluding ortho intramolecular Hbond substituents is 1. The van der Waals surface area contributed by atoms with Gasteiger partial charge in [-0.1, -0.05) is 30.3 Å². The van der Waals surface area contributed by atoms with Crippen LogP contribution in [-0.4, -0.2) is 24.3 Å². The van der Waals surface area contributed by atoms with Gasteiger partial charge in [0.15, 0.2) is 17.3 Å². The number of methoxy groups -OCH3 is 1. The second-order valence-corrected chi connectivity index (χ2v) is 6.32. The van der Waals surface area contributed by atoms with Crippen molar-refractivity contribution in [3.63, 3.8) is 0 Å². The average Bonchev–Trinajstić information content (AvgIpc) is 3.07. The van der Waals surface area contributed by atoms with Gasteiger partial charge in [0, 0.05) is 6.42 Å². The first-order chi connectivity index (χ1) is 11.7. The summed E-state index contributed by atoms with van der Waals surface area (Å²) < 4.78 is 5.81. The van der Waals surface area contributed by atoms with Crippen LogP contribution in [0.5, 0.6) is 11.5 Å². The van der Waals surface area contributed by atoms with E-state index in [9.17, 15) is 5.11 Å². The minimum Gasteiger partial charge on any atom is -0.504 e.